The second-order valence-corrected chi connectivity index (χ2v) is 3.56. The molecule has 18 heavy (non-hydrogen) atoms. The molecule has 0 aliphatic heterocycles. The van der Waals surface area contributed by atoms with Gasteiger partial charge in [0.1, 0.15) is 6.10 Å². The fraction of sp³-hybridized carbons (Fsp3) is 0.364. The Bertz CT molecular complexity index is 432. The molecule has 7 nitrogen and oxygen atoms in total. The maximum Gasteiger partial charge on any atom is 0.274 e. The Kier molecular flexibility index (Phi) is 5.22. The summed E-state index contributed by atoms with van der Waals surface area (Å²) in [5, 5.41) is 13.3. The van der Waals surface area contributed by atoms with Gasteiger partial charge in [0.15, 0.2) is 0 Å². The van der Waals surface area contributed by atoms with Gasteiger partial charge in [-0.15, -0.1) is 0 Å². The highest BCUT2D eigenvalue weighted by atomic mass is 16.6. The van der Waals surface area contributed by atoms with Crippen molar-refractivity contribution in [1.29, 1.82) is 0 Å². The second-order valence-electron chi connectivity index (χ2n) is 3.56. The van der Waals surface area contributed by atoms with Crippen molar-refractivity contribution in [3.63, 3.8) is 0 Å². The minimum Gasteiger partial charge on any atom is -0.370 e. The third-order valence-electron chi connectivity index (χ3n) is 2.43. The molecule has 0 saturated carbocycles. The average Bonchev–Trinajstić information content (AvgIpc) is 2.38. The van der Waals surface area contributed by atoms with Crippen LogP contribution in [0.5, 0.6) is 0 Å². The topological polar surface area (TPSA) is 107 Å². The third kappa shape index (κ3) is 3.51. The van der Waals surface area contributed by atoms with Crippen LogP contribution in [0.15, 0.2) is 24.3 Å². The van der Waals surface area contributed by atoms with Gasteiger partial charge in [0.25, 0.3) is 11.6 Å². The summed E-state index contributed by atoms with van der Waals surface area (Å²) in [4.78, 5) is 21.8. The lowest BCUT2D eigenvalue weighted by Crippen LogP contribution is -2.40. The lowest BCUT2D eigenvalue weighted by atomic mass is 10.2. The summed E-state index contributed by atoms with van der Waals surface area (Å²) in [5.41, 5.74) is 5.74. The van der Waals surface area contributed by atoms with Gasteiger partial charge in [-0.25, -0.2) is 0 Å². The number of benzene rings is 1. The highest BCUT2D eigenvalue weighted by Crippen LogP contribution is 2.17. The maximum absolute atomic E-state index is 11.6. The van der Waals surface area contributed by atoms with Crippen molar-refractivity contribution in [1.82, 2.24) is 5.32 Å². The largest absolute Gasteiger partial charge is 0.370 e. The van der Waals surface area contributed by atoms with Crippen LogP contribution in [0, 0.1) is 10.1 Å². The Morgan fingerprint density at radius 3 is 2.78 bits per heavy atom. The Hall–Kier alpha value is -1.99. The van der Waals surface area contributed by atoms with Gasteiger partial charge in [-0.1, -0.05) is 18.2 Å². The summed E-state index contributed by atoms with van der Waals surface area (Å²) in [6, 6.07) is 6.22. The molecule has 0 spiro atoms. The molecule has 98 valence electrons. The number of nitrogens with one attached hydrogen (secondary N) is 1. The van der Waals surface area contributed by atoms with Gasteiger partial charge in [-0.3, -0.25) is 14.9 Å². The standard InChI is InChI=1S/C11H15N3O4/c1-18-10(6-12)11(15)13-7-8-4-2-3-5-9(8)14(16)17/h2-5,10H,6-7,12H2,1H3,(H,13,15). The van der Waals surface area contributed by atoms with E-state index in [0.29, 0.717) is 5.56 Å². The molecule has 0 radical (unpaired) electrons. The number of methoxy groups -OCH3 is 1. The number of ether oxygens (including phenoxy) is 1. The highest BCUT2D eigenvalue weighted by molar-refractivity contribution is 5.81. The van der Waals surface area contributed by atoms with Crippen LogP contribution in [0.4, 0.5) is 5.69 Å². The molecule has 0 fully saturated rings. The van der Waals surface area contributed by atoms with Gasteiger partial charge in [0.2, 0.25) is 0 Å². The number of carbonyl (C=O) groups excluding carboxylic acids is 1. The molecule has 3 N–H and O–H groups in total. The van der Waals surface area contributed by atoms with E-state index in [1.807, 2.05) is 0 Å². The molecule has 0 aliphatic carbocycles. The molecular formula is C11H15N3O4. The zero-order chi connectivity index (χ0) is 13.5. The number of amides is 1. The van der Waals surface area contributed by atoms with Crippen LogP contribution in [0.3, 0.4) is 0 Å². The molecule has 1 aromatic rings. The van der Waals surface area contributed by atoms with Crippen molar-refractivity contribution in [2.75, 3.05) is 13.7 Å². The van der Waals surface area contributed by atoms with Crippen molar-refractivity contribution in [2.24, 2.45) is 5.73 Å². The second kappa shape index (κ2) is 6.67. The number of rotatable bonds is 6. The van der Waals surface area contributed by atoms with E-state index in [1.54, 1.807) is 18.2 Å². The summed E-state index contributed by atoms with van der Waals surface area (Å²) in [6.07, 6.45) is -0.743. The van der Waals surface area contributed by atoms with E-state index >= 15 is 0 Å². The quantitative estimate of drug-likeness (QED) is 0.555. The number of nitrogens with zero attached hydrogens (tertiary/aromatic N) is 1. The first kappa shape index (κ1) is 14.1. The number of nitrogens with two attached hydrogens (primary N) is 1. The number of hydrogen-bond donors (Lipinski definition) is 2. The van der Waals surface area contributed by atoms with Gasteiger partial charge in [-0.2, -0.15) is 0 Å². The molecule has 1 amide bonds. The number of hydrogen-bond acceptors (Lipinski definition) is 5. The SMILES string of the molecule is COC(CN)C(=O)NCc1ccccc1[N+](=O)[O-]. The molecule has 1 aromatic carbocycles. The predicted octanol–water partition coefficient (Wildman–Crippen LogP) is 0.185. The Balaban J connectivity index is 2.69. The van der Waals surface area contributed by atoms with E-state index in [-0.39, 0.29) is 18.8 Å². The molecule has 0 bridgehead atoms. The lowest BCUT2D eigenvalue weighted by Gasteiger charge is -2.12. The molecule has 0 aromatic heterocycles. The van der Waals surface area contributed by atoms with E-state index in [0.717, 1.165) is 0 Å². The van der Waals surface area contributed by atoms with Gasteiger partial charge >= 0.3 is 0 Å². The molecule has 1 atom stereocenters. The number of carbonyl (C=O) groups is 1. The lowest BCUT2D eigenvalue weighted by molar-refractivity contribution is -0.385. The van der Waals surface area contributed by atoms with Crippen LogP contribution in [0.2, 0.25) is 0 Å². The summed E-state index contributed by atoms with van der Waals surface area (Å²) in [7, 11) is 1.38. The van der Waals surface area contributed by atoms with Crippen LogP contribution >= 0.6 is 0 Å². The molecule has 1 unspecified atom stereocenters. The van der Waals surface area contributed by atoms with Crippen LogP contribution < -0.4 is 11.1 Å². The fourth-order valence-electron chi connectivity index (χ4n) is 1.44. The summed E-state index contributed by atoms with van der Waals surface area (Å²) in [6.45, 7) is 0.120. The molecule has 0 saturated heterocycles. The molecule has 7 heteroatoms. The minimum absolute atomic E-state index is 0.0282. The first-order chi connectivity index (χ1) is 8.60. The van der Waals surface area contributed by atoms with Crippen LogP contribution in [0.25, 0.3) is 0 Å². The smallest absolute Gasteiger partial charge is 0.274 e. The monoisotopic (exact) mass is 253 g/mol. The Morgan fingerprint density at radius 1 is 1.56 bits per heavy atom. The van der Waals surface area contributed by atoms with Gasteiger partial charge in [0, 0.05) is 31.8 Å². The van der Waals surface area contributed by atoms with E-state index < -0.39 is 16.9 Å². The van der Waals surface area contributed by atoms with Crippen molar-refractivity contribution >= 4 is 11.6 Å². The predicted molar refractivity (Wildman–Crippen MR) is 64.8 cm³/mol. The number of nitro groups is 1. The van der Waals surface area contributed by atoms with Gasteiger partial charge in [-0.05, 0) is 0 Å². The molecule has 1 rings (SSSR count). The Morgan fingerprint density at radius 2 is 2.22 bits per heavy atom. The van der Waals surface area contributed by atoms with Crippen molar-refractivity contribution in [3.8, 4) is 0 Å². The normalized spacial score (nSPS) is 11.9. The van der Waals surface area contributed by atoms with Gasteiger partial charge in [0.05, 0.1) is 4.92 Å². The molecule has 0 heterocycles. The average molecular weight is 253 g/mol. The first-order valence-electron chi connectivity index (χ1n) is 5.33. The highest BCUT2D eigenvalue weighted by Gasteiger charge is 2.17. The van der Waals surface area contributed by atoms with E-state index in [9.17, 15) is 14.9 Å². The Labute approximate surface area is 104 Å². The first-order valence-corrected chi connectivity index (χ1v) is 5.33. The summed E-state index contributed by atoms with van der Waals surface area (Å²) in [5.74, 6) is -0.391. The third-order valence-corrected chi connectivity index (χ3v) is 2.43. The van der Waals surface area contributed by atoms with Crippen LogP contribution in [-0.4, -0.2) is 30.6 Å². The number of para-hydroxylation sites is 1. The fourth-order valence-corrected chi connectivity index (χ4v) is 1.44. The van der Waals surface area contributed by atoms with Crippen LogP contribution in [-0.2, 0) is 16.1 Å². The van der Waals surface area contributed by atoms with E-state index in [4.69, 9.17) is 10.5 Å². The molecular weight excluding hydrogens is 238 g/mol. The van der Waals surface area contributed by atoms with E-state index in [1.165, 1.54) is 13.2 Å². The zero-order valence-corrected chi connectivity index (χ0v) is 9.96. The van der Waals surface area contributed by atoms with Crippen molar-refractivity contribution in [2.45, 2.75) is 12.6 Å². The number of nitro benzene ring substituents is 1. The van der Waals surface area contributed by atoms with Gasteiger partial charge < -0.3 is 15.8 Å². The zero-order valence-electron chi connectivity index (χ0n) is 9.96. The van der Waals surface area contributed by atoms with E-state index in [2.05, 4.69) is 5.32 Å². The molecule has 0 aliphatic rings. The maximum atomic E-state index is 11.6. The van der Waals surface area contributed by atoms with Crippen molar-refractivity contribution < 1.29 is 14.5 Å². The van der Waals surface area contributed by atoms with Crippen LogP contribution in [0.1, 0.15) is 5.56 Å². The van der Waals surface area contributed by atoms with Crippen molar-refractivity contribution in [3.05, 3.63) is 39.9 Å². The minimum atomic E-state index is -0.743. The summed E-state index contributed by atoms with van der Waals surface area (Å²) >= 11 is 0. The summed E-state index contributed by atoms with van der Waals surface area (Å²) < 4.78 is 4.86.